The van der Waals surface area contributed by atoms with Gasteiger partial charge in [0.1, 0.15) is 11.5 Å². The molecule has 1 heterocycles. The van der Waals surface area contributed by atoms with Gasteiger partial charge in [-0.1, -0.05) is 36.4 Å². The van der Waals surface area contributed by atoms with E-state index in [0.29, 0.717) is 44.1 Å². The third-order valence-corrected chi connectivity index (χ3v) is 7.38. The third-order valence-electron chi connectivity index (χ3n) is 7.38. The van der Waals surface area contributed by atoms with Crippen LogP contribution >= 0.6 is 0 Å². The highest BCUT2D eigenvalue weighted by Gasteiger charge is 2.38. The van der Waals surface area contributed by atoms with E-state index >= 15 is 0 Å². The molecule has 0 aromatic heterocycles. The molecule has 0 amide bonds. The van der Waals surface area contributed by atoms with Gasteiger partial charge in [0.05, 0.1) is 26.3 Å². The Bertz CT molecular complexity index is 1310. The number of hydrogen-bond donors (Lipinski definition) is 1. The summed E-state index contributed by atoms with van der Waals surface area (Å²) in [4.78, 5) is 14.8. The molecule has 1 N–H and O–H groups in total. The Labute approximate surface area is 226 Å². The number of nitrogens with zero attached hydrogens (tertiary/aromatic N) is 2. The number of ether oxygens (including phenoxy) is 2. The molecule has 1 fully saturated rings. The summed E-state index contributed by atoms with van der Waals surface area (Å²) >= 11 is 0. The molecule has 210 valence electrons. The zero-order valence-electron chi connectivity index (χ0n) is 22.8. The molecule has 0 saturated carbocycles. The zero-order valence-corrected chi connectivity index (χ0v) is 22.8. The molecule has 3 aromatic rings. The first-order valence-electron chi connectivity index (χ1n) is 12.9. The van der Waals surface area contributed by atoms with Crippen molar-refractivity contribution >= 4 is 16.7 Å². The minimum atomic E-state index is -4.21. The van der Waals surface area contributed by atoms with Crippen LogP contribution in [0, 0.1) is 0 Å². The first-order chi connectivity index (χ1) is 18.4. The molecule has 6 nitrogen and oxygen atoms in total. The minimum Gasteiger partial charge on any atom is -0.496 e. The topological polar surface area (TPSA) is 62.2 Å². The minimum absolute atomic E-state index is 0.0471. The summed E-state index contributed by atoms with van der Waals surface area (Å²) in [5.41, 5.74) is 3.14. The van der Waals surface area contributed by atoms with Gasteiger partial charge in [-0.15, -0.1) is 0 Å². The number of benzene rings is 3. The van der Waals surface area contributed by atoms with E-state index in [4.69, 9.17) is 14.6 Å². The molecule has 3 aromatic carbocycles. The number of carbonyl (C=O) groups is 1. The standard InChI is InChI=1S/C30H35F3N2O4/c1-29(2)18-34(19-30(31,32)33)13-14-35(29)17-20-15-25(38-3)28(26(16-20)39-4)24-10-6-8-22-21(11-12-27(36)37)7-5-9-23(22)24/h5-10,15-16H,11-14,17-19H2,1-4H3,(H,36,37). The normalized spacial score (nSPS) is 16.4. The predicted molar refractivity (Wildman–Crippen MR) is 145 cm³/mol. The Morgan fingerprint density at radius 2 is 1.64 bits per heavy atom. The van der Waals surface area contributed by atoms with Crippen LogP contribution in [0.1, 0.15) is 31.4 Å². The monoisotopic (exact) mass is 544 g/mol. The molecular formula is C30H35F3N2O4. The van der Waals surface area contributed by atoms with Crippen LogP contribution in [-0.2, 0) is 17.8 Å². The van der Waals surface area contributed by atoms with E-state index in [9.17, 15) is 18.0 Å². The van der Waals surface area contributed by atoms with Crippen molar-refractivity contribution in [2.45, 2.75) is 44.9 Å². The van der Waals surface area contributed by atoms with Crippen molar-refractivity contribution in [1.29, 1.82) is 0 Å². The van der Waals surface area contributed by atoms with Crippen LogP contribution in [-0.4, -0.2) is 73.0 Å². The van der Waals surface area contributed by atoms with Gasteiger partial charge >= 0.3 is 12.1 Å². The Morgan fingerprint density at radius 3 is 2.23 bits per heavy atom. The number of halogens is 3. The molecule has 0 radical (unpaired) electrons. The van der Waals surface area contributed by atoms with Crippen LogP contribution in [0.5, 0.6) is 11.5 Å². The number of fused-ring (bicyclic) bond motifs is 1. The van der Waals surface area contributed by atoms with Gasteiger partial charge in [-0.2, -0.15) is 13.2 Å². The summed E-state index contributed by atoms with van der Waals surface area (Å²) in [5.74, 6) is 0.412. The lowest BCUT2D eigenvalue weighted by Crippen LogP contribution is -2.59. The quantitative estimate of drug-likeness (QED) is 0.357. The van der Waals surface area contributed by atoms with Crippen LogP contribution in [0.4, 0.5) is 13.2 Å². The highest BCUT2D eigenvalue weighted by atomic mass is 19.4. The van der Waals surface area contributed by atoms with Crippen molar-refractivity contribution in [2.75, 3.05) is 40.4 Å². The SMILES string of the molecule is COc1cc(CN2CCN(CC(F)(F)F)CC2(C)C)cc(OC)c1-c1cccc2c(CCC(=O)O)cccc12. The fourth-order valence-electron chi connectivity index (χ4n) is 5.57. The highest BCUT2D eigenvalue weighted by molar-refractivity contribution is 6.01. The molecule has 1 aliphatic heterocycles. The Kier molecular flexibility index (Phi) is 8.42. The Hall–Kier alpha value is -3.30. The first-order valence-corrected chi connectivity index (χ1v) is 12.9. The maximum atomic E-state index is 13.0. The molecule has 0 spiro atoms. The van der Waals surface area contributed by atoms with Crippen molar-refractivity contribution in [3.8, 4) is 22.6 Å². The zero-order chi connectivity index (χ0) is 28.4. The van der Waals surface area contributed by atoms with E-state index in [0.717, 1.165) is 33.0 Å². The van der Waals surface area contributed by atoms with E-state index in [1.165, 1.54) is 4.90 Å². The van der Waals surface area contributed by atoms with Crippen LogP contribution in [0.25, 0.3) is 21.9 Å². The molecule has 4 rings (SSSR count). The number of methoxy groups -OCH3 is 2. The number of aliphatic carboxylic acids is 1. The Morgan fingerprint density at radius 1 is 1.00 bits per heavy atom. The fraction of sp³-hybridized carbons (Fsp3) is 0.433. The fourth-order valence-corrected chi connectivity index (χ4v) is 5.57. The van der Waals surface area contributed by atoms with Crippen molar-refractivity contribution in [2.24, 2.45) is 0 Å². The van der Waals surface area contributed by atoms with Crippen LogP contribution < -0.4 is 9.47 Å². The van der Waals surface area contributed by atoms with E-state index in [-0.39, 0.29) is 6.42 Å². The number of aryl methyl sites for hydroxylation is 1. The van der Waals surface area contributed by atoms with Crippen molar-refractivity contribution in [3.63, 3.8) is 0 Å². The van der Waals surface area contributed by atoms with Crippen LogP contribution in [0.3, 0.4) is 0 Å². The summed E-state index contributed by atoms with van der Waals surface area (Å²) in [5, 5.41) is 11.1. The van der Waals surface area contributed by atoms with Gasteiger partial charge in [0.15, 0.2) is 0 Å². The van der Waals surface area contributed by atoms with Gasteiger partial charge in [0.2, 0.25) is 0 Å². The third kappa shape index (κ3) is 6.65. The van der Waals surface area contributed by atoms with E-state index in [1.54, 1.807) is 14.2 Å². The number of hydrogen-bond acceptors (Lipinski definition) is 5. The molecule has 39 heavy (non-hydrogen) atoms. The average Bonchev–Trinajstić information content (AvgIpc) is 2.86. The average molecular weight is 545 g/mol. The lowest BCUT2D eigenvalue weighted by molar-refractivity contribution is -0.155. The lowest BCUT2D eigenvalue weighted by Gasteiger charge is -2.47. The van der Waals surface area contributed by atoms with Gasteiger partial charge in [-0.3, -0.25) is 14.6 Å². The molecule has 0 aliphatic carbocycles. The van der Waals surface area contributed by atoms with Gasteiger partial charge in [-0.05, 0) is 59.9 Å². The van der Waals surface area contributed by atoms with E-state index in [1.807, 2.05) is 62.4 Å². The molecule has 1 aliphatic rings. The summed E-state index contributed by atoms with van der Waals surface area (Å²) in [6, 6.07) is 15.7. The summed E-state index contributed by atoms with van der Waals surface area (Å²) in [6.45, 7) is 4.75. The molecule has 0 unspecified atom stereocenters. The second kappa shape index (κ2) is 11.4. The van der Waals surface area contributed by atoms with Gasteiger partial charge in [-0.25, -0.2) is 0 Å². The van der Waals surface area contributed by atoms with Crippen molar-refractivity contribution in [3.05, 3.63) is 59.7 Å². The van der Waals surface area contributed by atoms with Gasteiger partial charge in [0.25, 0.3) is 0 Å². The maximum absolute atomic E-state index is 13.0. The molecule has 0 atom stereocenters. The highest BCUT2D eigenvalue weighted by Crippen LogP contribution is 2.43. The second-order valence-corrected chi connectivity index (χ2v) is 10.6. The number of carboxylic acids is 1. The van der Waals surface area contributed by atoms with Crippen molar-refractivity contribution in [1.82, 2.24) is 9.80 Å². The predicted octanol–water partition coefficient (Wildman–Crippen LogP) is 6.00. The summed E-state index contributed by atoms with van der Waals surface area (Å²) in [6.07, 6.45) is -3.74. The maximum Gasteiger partial charge on any atom is 0.401 e. The summed E-state index contributed by atoms with van der Waals surface area (Å²) in [7, 11) is 3.20. The first kappa shape index (κ1) is 28.7. The molecular weight excluding hydrogens is 509 g/mol. The number of rotatable bonds is 9. The van der Waals surface area contributed by atoms with E-state index in [2.05, 4.69) is 4.90 Å². The van der Waals surface area contributed by atoms with Crippen molar-refractivity contribution < 1.29 is 32.5 Å². The molecule has 0 bridgehead atoms. The number of carboxylic acid groups (broad SMARTS) is 1. The second-order valence-electron chi connectivity index (χ2n) is 10.6. The largest absolute Gasteiger partial charge is 0.496 e. The number of piperazine rings is 1. The lowest BCUT2D eigenvalue weighted by atomic mass is 9.92. The Balaban J connectivity index is 1.67. The number of alkyl halides is 3. The van der Waals surface area contributed by atoms with Gasteiger partial charge in [0, 0.05) is 38.1 Å². The smallest absolute Gasteiger partial charge is 0.401 e. The molecule has 1 saturated heterocycles. The van der Waals surface area contributed by atoms with Gasteiger partial charge < -0.3 is 14.6 Å². The molecule has 9 heteroatoms. The van der Waals surface area contributed by atoms with E-state index < -0.39 is 24.2 Å². The van der Waals surface area contributed by atoms with Crippen LogP contribution in [0.2, 0.25) is 0 Å². The summed E-state index contributed by atoms with van der Waals surface area (Å²) < 4.78 is 50.6. The van der Waals surface area contributed by atoms with Crippen LogP contribution in [0.15, 0.2) is 48.5 Å².